The van der Waals surface area contributed by atoms with E-state index in [4.69, 9.17) is 15.6 Å². The molecule has 7 nitrogen and oxygen atoms in total. The van der Waals surface area contributed by atoms with Crippen molar-refractivity contribution in [2.45, 2.75) is 32.2 Å². The van der Waals surface area contributed by atoms with Crippen LogP contribution in [0.2, 0.25) is 0 Å². The van der Waals surface area contributed by atoms with Crippen molar-refractivity contribution in [3.8, 4) is 5.75 Å². The molecule has 1 aromatic carbocycles. The average molecular weight is 308 g/mol. The Morgan fingerprint density at radius 3 is 2.59 bits per heavy atom. The van der Waals surface area contributed by atoms with Gasteiger partial charge in [-0.2, -0.15) is 0 Å². The first-order chi connectivity index (χ1) is 10.5. The summed E-state index contributed by atoms with van der Waals surface area (Å²) in [5.74, 6) is -1.03. The Hall–Kier alpha value is -2.57. The Bertz CT molecular complexity index is 530. The predicted molar refractivity (Wildman–Crippen MR) is 79.1 cm³/mol. The van der Waals surface area contributed by atoms with Gasteiger partial charge in [-0.3, -0.25) is 14.4 Å². The number of primary amides is 1. The quantitative estimate of drug-likeness (QED) is 0.553. The van der Waals surface area contributed by atoms with E-state index in [2.05, 4.69) is 5.32 Å². The second-order valence-corrected chi connectivity index (χ2v) is 4.78. The van der Waals surface area contributed by atoms with Crippen LogP contribution >= 0.6 is 0 Å². The third-order valence-electron chi connectivity index (χ3n) is 2.81. The van der Waals surface area contributed by atoms with E-state index in [0.29, 0.717) is 31.6 Å². The minimum absolute atomic E-state index is 0.0759. The molecule has 0 fully saturated rings. The molecule has 0 radical (unpaired) electrons. The molecule has 0 saturated heterocycles. The van der Waals surface area contributed by atoms with Crippen LogP contribution in [0.3, 0.4) is 0 Å². The molecule has 0 aliphatic rings. The van der Waals surface area contributed by atoms with Crippen LogP contribution in [0, 0.1) is 0 Å². The number of rotatable bonds is 10. The lowest BCUT2D eigenvalue weighted by Crippen LogP contribution is -2.22. The van der Waals surface area contributed by atoms with Crippen molar-refractivity contribution in [3.05, 3.63) is 29.8 Å². The molecule has 2 amide bonds. The summed E-state index contributed by atoms with van der Waals surface area (Å²) in [6.07, 6.45) is 1.40. The number of carbonyl (C=O) groups excluding carboxylic acids is 2. The summed E-state index contributed by atoms with van der Waals surface area (Å²) in [6.45, 7) is 0.144. The number of carbonyl (C=O) groups is 3. The number of carboxylic acid groups (broad SMARTS) is 1. The van der Waals surface area contributed by atoms with Crippen molar-refractivity contribution < 1.29 is 24.2 Å². The smallest absolute Gasteiger partial charge is 0.303 e. The Labute approximate surface area is 128 Å². The first kappa shape index (κ1) is 17.5. The summed E-state index contributed by atoms with van der Waals surface area (Å²) < 4.78 is 5.17. The molecule has 0 heterocycles. The normalized spacial score (nSPS) is 10.0. The fourth-order valence-electron chi connectivity index (χ4n) is 1.75. The summed E-state index contributed by atoms with van der Waals surface area (Å²) in [5.41, 5.74) is 5.83. The zero-order valence-corrected chi connectivity index (χ0v) is 12.2. The molecule has 120 valence electrons. The van der Waals surface area contributed by atoms with Crippen molar-refractivity contribution in [2.75, 3.05) is 6.61 Å². The van der Waals surface area contributed by atoms with E-state index in [9.17, 15) is 14.4 Å². The van der Waals surface area contributed by atoms with Crippen molar-refractivity contribution in [1.29, 1.82) is 0 Å². The summed E-state index contributed by atoms with van der Waals surface area (Å²) in [4.78, 5) is 32.6. The summed E-state index contributed by atoms with van der Waals surface area (Å²) in [6, 6.07) is 6.99. The summed E-state index contributed by atoms with van der Waals surface area (Å²) in [5, 5.41) is 11.2. The van der Waals surface area contributed by atoms with Crippen molar-refractivity contribution in [1.82, 2.24) is 5.32 Å². The van der Waals surface area contributed by atoms with E-state index >= 15 is 0 Å². The van der Waals surface area contributed by atoms with Gasteiger partial charge in [-0.15, -0.1) is 0 Å². The number of aliphatic carboxylic acids is 1. The molecule has 0 atom stereocenters. The highest BCUT2D eigenvalue weighted by molar-refractivity contribution is 5.76. The largest absolute Gasteiger partial charge is 0.484 e. The van der Waals surface area contributed by atoms with E-state index in [1.54, 1.807) is 18.2 Å². The highest BCUT2D eigenvalue weighted by atomic mass is 16.5. The van der Waals surface area contributed by atoms with Crippen LogP contribution in [0.1, 0.15) is 31.2 Å². The Morgan fingerprint density at radius 1 is 1.18 bits per heavy atom. The monoisotopic (exact) mass is 308 g/mol. The van der Waals surface area contributed by atoms with E-state index in [-0.39, 0.29) is 18.9 Å². The fraction of sp³-hybridized carbons (Fsp3) is 0.400. The molecule has 1 aromatic rings. The maximum atomic E-state index is 11.6. The van der Waals surface area contributed by atoms with Crippen LogP contribution in [0.25, 0.3) is 0 Å². The number of hydrogen-bond donors (Lipinski definition) is 3. The molecule has 7 heteroatoms. The van der Waals surface area contributed by atoms with Gasteiger partial charge in [0.05, 0.1) is 0 Å². The number of ether oxygens (including phenoxy) is 1. The number of unbranched alkanes of at least 4 members (excludes halogenated alkanes) is 1. The van der Waals surface area contributed by atoms with Crippen LogP contribution in [-0.2, 0) is 20.9 Å². The van der Waals surface area contributed by atoms with Gasteiger partial charge in [0, 0.05) is 19.4 Å². The zero-order valence-electron chi connectivity index (χ0n) is 12.2. The SMILES string of the molecule is NC(=O)COc1cccc(CNC(=O)CCCCC(=O)O)c1. The number of nitrogens with two attached hydrogens (primary N) is 1. The molecule has 0 spiro atoms. The molecule has 22 heavy (non-hydrogen) atoms. The Morgan fingerprint density at radius 2 is 1.91 bits per heavy atom. The van der Waals surface area contributed by atoms with Gasteiger partial charge >= 0.3 is 5.97 Å². The lowest BCUT2D eigenvalue weighted by Gasteiger charge is -2.08. The van der Waals surface area contributed by atoms with E-state index in [0.717, 1.165) is 5.56 Å². The highest BCUT2D eigenvalue weighted by Crippen LogP contribution is 2.13. The summed E-state index contributed by atoms with van der Waals surface area (Å²) >= 11 is 0. The van der Waals surface area contributed by atoms with E-state index in [1.807, 2.05) is 6.07 Å². The first-order valence-corrected chi connectivity index (χ1v) is 6.96. The molecule has 0 aliphatic carbocycles. The van der Waals surface area contributed by atoms with Gasteiger partial charge in [0.15, 0.2) is 6.61 Å². The first-order valence-electron chi connectivity index (χ1n) is 6.96. The topological polar surface area (TPSA) is 119 Å². The van der Waals surface area contributed by atoms with Gasteiger partial charge in [0.1, 0.15) is 5.75 Å². The van der Waals surface area contributed by atoms with E-state index < -0.39 is 11.9 Å². The van der Waals surface area contributed by atoms with Gasteiger partial charge < -0.3 is 20.9 Å². The number of benzene rings is 1. The number of carboxylic acids is 1. The molecule has 0 aromatic heterocycles. The predicted octanol–water partition coefficient (Wildman–Crippen LogP) is 0.812. The number of hydrogen-bond acceptors (Lipinski definition) is 4. The molecule has 4 N–H and O–H groups in total. The van der Waals surface area contributed by atoms with Gasteiger partial charge in [0.2, 0.25) is 5.91 Å². The summed E-state index contributed by atoms with van der Waals surface area (Å²) in [7, 11) is 0. The van der Waals surface area contributed by atoms with Crippen molar-refractivity contribution in [3.63, 3.8) is 0 Å². The van der Waals surface area contributed by atoms with Crippen molar-refractivity contribution >= 4 is 17.8 Å². The lowest BCUT2D eigenvalue weighted by atomic mass is 10.1. The molecule has 1 rings (SSSR count). The fourth-order valence-corrected chi connectivity index (χ4v) is 1.75. The molecular formula is C15H20N2O5. The van der Waals surface area contributed by atoms with Crippen LogP contribution in [0.5, 0.6) is 5.75 Å². The van der Waals surface area contributed by atoms with Crippen molar-refractivity contribution in [2.24, 2.45) is 5.73 Å². The number of nitrogens with one attached hydrogen (secondary N) is 1. The third kappa shape index (κ3) is 7.88. The van der Waals surface area contributed by atoms with Crippen LogP contribution < -0.4 is 15.8 Å². The van der Waals surface area contributed by atoms with Gasteiger partial charge in [-0.05, 0) is 30.5 Å². The lowest BCUT2D eigenvalue weighted by molar-refractivity contribution is -0.137. The maximum Gasteiger partial charge on any atom is 0.303 e. The molecular weight excluding hydrogens is 288 g/mol. The van der Waals surface area contributed by atoms with Gasteiger partial charge in [-0.1, -0.05) is 12.1 Å². The molecule has 0 saturated carbocycles. The molecule has 0 unspecified atom stereocenters. The van der Waals surface area contributed by atoms with Crippen LogP contribution in [-0.4, -0.2) is 29.5 Å². The molecule has 0 aliphatic heterocycles. The van der Waals surface area contributed by atoms with Crippen LogP contribution in [0.4, 0.5) is 0 Å². The third-order valence-corrected chi connectivity index (χ3v) is 2.81. The Kier molecular flexibility index (Phi) is 7.45. The second kappa shape index (κ2) is 9.38. The maximum absolute atomic E-state index is 11.6. The Balaban J connectivity index is 2.31. The minimum atomic E-state index is -0.854. The van der Waals surface area contributed by atoms with Crippen LogP contribution in [0.15, 0.2) is 24.3 Å². The second-order valence-electron chi connectivity index (χ2n) is 4.78. The van der Waals surface area contributed by atoms with E-state index in [1.165, 1.54) is 0 Å². The van der Waals surface area contributed by atoms with Gasteiger partial charge in [0.25, 0.3) is 5.91 Å². The zero-order chi connectivity index (χ0) is 16.4. The standard InChI is InChI=1S/C15H20N2O5/c16-13(18)10-22-12-5-3-4-11(8-12)9-17-14(19)6-1-2-7-15(20)21/h3-5,8H,1-2,6-7,9-10H2,(H2,16,18)(H,17,19)(H,20,21). The molecule has 0 bridgehead atoms. The van der Waals surface area contributed by atoms with Gasteiger partial charge in [-0.25, -0.2) is 0 Å². The minimum Gasteiger partial charge on any atom is -0.484 e. The number of amides is 2. The highest BCUT2D eigenvalue weighted by Gasteiger charge is 2.04. The average Bonchev–Trinajstić information content (AvgIpc) is 2.48.